The fourth-order valence-electron chi connectivity index (χ4n) is 1.02. The van der Waals surface area contributed by atoms with Crippen LogP contribution in [-0.2, 0) is 0 Å². The monoisotopic (exact) mass is 281 g/mol. The summed E-state index contributed by atoms with van der Waals surface area (Å²) in [6.07, 6.45) is -4.71. The van der Waals surface area contributed by atoms with Crippen molar-refractivity contribution in [3.8, 4) is 5.75 Å². The Labute approximate surface area is 105 Å². The van der Waals surface area contributed by atoms with Crippen molar-refractivity contribution in [2.24, 2.45) is 0 Å². The molecule has 0 heterocycles. The summed E-state index contributed by atoms with van der Waals surface area (Å²) in [5, 5.41) is 10.4. The van der Waals surface area contributed by atoms with Gasteiger partial charge in [0.25, 0.3) is 0 Å². The van der Waals surface area contributed by atoms with E-state index in [1.165, 1.54) is 43.0 Å². The molecule has 0 aliphatic carbocycles. The minimum atomic E-state index is -4.71. The van der Waals surface area contributed by atoms with Crippen LogP contribution in [0.4, 0.5) is 13.2 Å². The maximum Gasteiger partial charge on any atom is 0.573 e. The third-order valence-corrected chi connectivity index (χ3v) is 3.16. The Balaban J connectivity index is 2.53. The van der Waals surface area contributed by atoms with E-state index in [2.05, 4.69) is 4.74 Å². The Hall–Kier alpha value is -1.44. The van der Waals surface area contributed by atoms with Gasteiger partial charge >= 0.3 is 6.36 Å². The van der Waals surface area contributed by atoms with Crippen LogP contribution < -0.4 is 4.74 Å². The third kappa shape index (κ3) is 5.26. The van der Waals surface area contributed by atoms with Crippen LogP contribution in [0.15, 0.2) is 29.2 Å². The Bertz CT molecular complexity index is 408. The van der Waals surface area contributed by atoms with Gasteiger partial charge in [-0.3, -0.25) is 10.1 Å². The molecule has 18 heavy (non-hydrogen) atoms. The summed E-state index contributed by atoms with van der Waals surface area (Å²) in [7, 11) is 0. The molecule has 1 atom stereocenters. The Morgan fingerprint density at radius 3 is 2.39 bits per heavy atom. The van der Waals surface area contributed by atoms with Gasteiger partial charge in [-0.1, -0.05) is 0 Å². The van der Waals surface area contributed by atoms with Crippen molar-refractivity contribution in [2.45, 2.75) is 24.2 Å². The quantitative estimate of drug-likeness (QED) is 0.472. The van der Waals surface area contributed by atoms with Crippen LogP contribution in [0.25, 0.3) is 0 Å². The van der Waals surface area contributed by atoms with E-state index in [0.717, 1.165) is 0 Å². The number of halogens is 3. The van der Waals surface area contributed by atoms with Gasteiger partial charge in [-0.05, 0) is 24.3 Å². The average molecular weight is 281 g/mol. The van der Waals surface area contributed by atoms with Crippen LogP contribution in [0.2, 0.25) is 0 Å². The standard InChI is InChI=1S/C10H10F3NO3S/c1-7(14(15)16)6-18-9-4-2-8(3-5-9)17-10(11,12)13/h2-5,7H,6H2,1H3. The van der Waals surface area contributed by atoms with Gasteiger partial charge in [0, 0.05) is 16.7 Å². The van der Waals surface area contributed by atoms with Crippen molar-refractivity contribution in [1.29, 1.82) is 0 Å². The van der Waals surface area contributed by atoms with Crippen molar-refractivity contribution in [2.75, 3.05) is 5.75 Å². The zero-order valence-electron chi connectivity index (χ0n) is 9.31. The molecule has 100 valence electrons. The second-order valence-electron chi connectivity index (χ2n) is 3.46. The van der Waals surface area contributed by atoms with Gasteiger partial charge in [0.1, 0.15) is 5.75 Å². The third-order valence-electron chi connectivity index (χ3n) is 1.91. The molecule has 0 fully saturated rings. The first-order valence-corrected chi connectivity index (χ1v) is 5.88. The number of benzene rings is 1. The van der Waals surface area contributed by atoms with E-state index in [1.807, 2.05) is 0 Å². The van der Waals surface area contributed by atoms with Gasteiger partial charge in [0.05, 0.1) is 5.75 Å². The lowest BCUT2D eigenvalue weighted by molar-refractivity contribution is -0.511. The highest BCUT2D eigenvalue weighted by Crippen LogP contribution is 2.26. The highest BCUT2D eigenvalue weighted by Gasteiger charge is 2.30. The summed E-state index contributed by atoms with van der Waals surface area (Å²) in [5.41, 5.74) is 0. The molecule has 0 saturated carbocycles. The normalized spacial score (nSPS) is 13.1. The largest absolute Gasteiger partial charge is 0.573 e. The molecule has 1 unspecified atom stereocenters. The van der Waals surface area contributed by atoms with Crippen molar-refractivity contribution < 1.29 is 22.8 Å². The Morgan fingerprint density at radius 2 is 1.94 bits per heavy atom. The number of nitrogens with zero attached hydrogens (tertiary/aromatic N) is 1. The van der Waals surface area contributed by atoms with E-state index >= 15 is 0 Å². The zero-order valence-corrected chi connectivity index (χ0v) is 10.1. The highest BCUT2D eigenvalue weighted by molar-refractivity contribution is 7.99. The smallest absolute Gasteiger partial charge is 0.406 e. The van der Waals surface area contributed by atoms with E-state index in [1.54, 1.807) is 0 Å². The first kappa shape index (κ1) is 14.6. The van der Waals surface area contributed by atoms with Crippen LogP contribution >= 0.6 is 11.8 Å². The summed E-state index contributed by atoms with van der Waals surface area (Å²) in [5.74, 6) is -0.0545. The molecule has 0 aliphatic heterocycles. The summed E-state index contributed by atoms with van der Waals surface area (Å²) < 4.78 is 39.3. The van der Waals surface area contributed by atoms with Crippen LogP contribution in [-0.4, -0.2) is 23.1 Å². The van der Waals surface area contributed by atoms with Gasteiger partial charge < -0.3 is 4.74 Å². The molecule has 1 aromatic carbocycles. The zero-order chi connectivity index (χ0) is 13.8. The summed E-state index contributed by atoms with van der Waals surface area (Å²) >= 11 is 1.21. The second-order valence-corrected chi connectivity index (χ2v) is 4.56. The van der Waals surface area contributed by atoms with Gasteiger partial charge in [0.2, 0.25) is 6.04 Å². The Morgan fingerprint density at radius 1 is 1.39 bits per heavy atom. The molecule has 8 heteroatoms. The lowest BCUT2D eigenvalue weighted by Gasteiger charge is -2.09. The van der Waals surface area contributed by atoms with Crippen molar-refractivity contribution in [1.82, 2.24) is 0 Å². The van der Waals surface area contributed by atoms with Gasteiger partial charge in [-0.2, -0.15) is 0 Å². The number of nitro groups is 1. The first-order valence-electron chi connectivity index (χ1n) is 4.90. The van der Waals surface area contributed by atoms with Gasteiger partial charge in [0.15, 0.2) is 0 Å². The lowest BCUT2D eigenvalue weighted by atomic mass is 10.3. The molecule has 0 aliphatic rings. The highest BCUT2D eigenvalue weighted by atomic mass is 32.2. The van der Waals surface area contributed by atoms with E-state index in [-0.39, 0.29) is 11.5 Å². The molecule has 0 spiro atoms. The summed E-state index contributed by atoms with van der Waals surface area (Å²) in [6.45, 7) is 1.47. The summed E-state index contributed by atoms with van der Waals surface area (Å²) in [4.78, 5) is 10.6. The molecule has 1 rings (SSSR count). The number of rotatable bonds is 5. The predicted octanol–water partition coefficient (Wildman–Crippen LogP) is 3.34. The Kier molecular flexibility index (Phi) is 4.83. The minimum Gasteiger partial charge on any atom is -0.406 e. The topological polar surface area (TPSA) is 52.4 Å². The molecule has 4 nitrogen and oxygen atoms in total. The molecule has 0 bridgehead atoms. The lowest BCUT2D eigenvalue weighted by Crippen LogP contribution is -2.17. The predicted molar refractivity (Wildman–Crippen MR) is 60.3 cm³/mol. The van der Waals surface area contributed by atoms with Gasteiger partial charge in [-0.25, -0.2) is 0 Å². The van der Waals surface area contributed by atoms with Crippen LogP contribution in [0.3, 0.4) is 0 Å². The minimum absolute atomic E-state index is 0.256. The van der Waals surface area contributed by atoms with E-state index in [0.29, 0.717) is 4.90 Å². The van der Waals surface area contributed by atoms with Gasteiger partial charge in [-0.15, -0.1) is 24.9 Å². The SMILES string of the molecule is CC(CSc1ccc(OC(F)(F)F)cc1)[N+](=O)[O-]. The molecule has 0 amide bonds. The van der Waals surface area contributed by atoms with Crippen molar-refractivity contribution in [3.05, 3.63) is 34.4 Å². The van der Waals surface area contributed by atoms with Crippen molar-refractivity contribution >= 4 is 11.8 Å². The van der Waals surface area contributed by atoms with E-state index < -0.39 is 17.3 Å². The maximum atomic E-state index is 11.9. The molecular weight excluding hydrogens is 271 g/mol. The molecule has 0 saturated heterocycles. The fraction of sp³-hybridized carbons (Fsp3) is 0.400. The number of alkyl halides is 3. The summed E-state index contributed by atoms with van der Waals surface area (Å²) in [6, 6.07) is 4.50. The van der Waals surface area contributed by atoms with Crippen LogP contribution in [0.1, 0.15) is 6.92 Å². The molecular formula is C10H10F3NO3S. The number of thioether (sulfide) groups is 1. The fourth-order valence-corrected chi connectivity index (χ4v) is 1.90. The molecule has 0 radical (unpaired) electrons. The maximum absolute atomic E-state index is 11.9. The average Bonchev–Trinajstić information content (AvgIpc) is 2.25. The molecule has 0 N–H and O–H groups in total. The first-order chi connectivity index (χ1) is 8.28. The van der Waals surface area contributed by atoms with E-state index in [9.17, 15) is 23.3 Å². The number of ether oxygens (including phenoxy) is 1. The number of hydrogen-bond acceptors (Lipinski definition) is 4. The second kappa shape index (κ2) is 5.94. The van der Waals surface area contributed by atoms with Crippen molar-refractivity contribution in [3.63, 3.8) is 0 Å². The van der Waals surface area contributed by atoms with Crippen LogP contribution in [0.5, 0.6) is 5.75 Å². The van der Waals surface area contributed by atoms with E-state index in [4.69, 9.17) is 0 Å². The molecule has 1 aromatic rings. The molecule has 0 aromatic heterocycles. The number of hydrogen-bond donors (Lipinski definition) is 0. The van der Waals surface area contributed by atoms with Crippen LogP contribution in [0, 0.1) is 10.1 Å².